The first-order chi connectivity index (χ1) is 11.2. The summed E-state index contributed by atoms with van der Waals surface area (Å²) >= 11 is 0. The minimum atomic E-state index is -0.475. The maximum Gasteiger partial charge on any atom is 0.165 e. The lowest BCUT2D eigenvalue weighted by Crippen LogP contribution is -2.35. The highest BCUT2D eigenvalue weighted by Crippen LogP contribution is 2.32. The van der Waals surface area contributed by atoms with E-state index in [1.54, 1.807) is 0 Å². The molecule has 122 valence electrons. The zero-order valence-electron chi connectivity index (χ0n) is 13.3. The third-order valence-corrected chi connectivity index (χ3v) is 4.32. The molecule has 0 radical (unpaired) electrons. The summed E-state index contributed by atoms with van der Waals surface area (Å²) in [6, 6.07) is 12.6. The molecule has 0 saturated carbocycles. The summed E-state index contributed by atoms with van der Waals surface area (Å²) in [6.45, 7) is 5.11. The molecule has 0 spiro atoms. The Kier molecular flexibility index (Phi) is 4.91. The second-order valence-electron chi connectivity index (χ2n) is 6.03. The molecule has 0 fully saturated rings. The molecular formula is C19H21F2NO. The first-order valence-corrected chi connectivity index (χ1v) is 8.03. The Morgan fingerprint density at radius 1 is 1.09 bits per heavy atom. The molecule has 2 nitrogen and oxygen atoms in total. The average Bonchev–Trinajstić information content (AvgIpc) is 2.58. The van der Waals surface area contributed by atoms with E-state index in [0.717, 1.165) is 25.7 Å². The third kappa shape index (κ3) is 3.70. The van der Waals surface area contributed by atoms with Crippen molar-refractivity contribution < 1.29 is 13.5 Å². The summed E-state index contributed by atoms with van der Waals surface area (Å²) < 4.78 is 33.1. The summed E-state index contributed by atoms with van der Waals surface area (Å²) in [5, 5.41) is 0. The molecule has 1 heterocycles. The number of fused-ring (bicyclic) bond motifs is 1. The monoisotopic (exact) mass is 317 g/mol. The van der Waals surface area contributed by atoms with Crippen LogP contribution in [-0.2, 0) is 13.0 Å². The van der Waals surface area contributed by atoms with Crippen LogP contribution in [0, 0.1) is 17.6 Å². The number of hydrogen-bond donors (Lipinski definition) is 0. The predicted molar refractivity (Wildman–Crippen MR) is 86.4 cm³/mol. The number of halogens is 2. The van der Waals surface area contributed by atoms with E-state index >= 15 is 0 Å². The van der Waals surface area contributed by atoms with Crippen molar-refractivity contribution >= 4 is 0 Å². The van der Waals surface area contributed by atoms with Crippen molar-refractivity contribution in [2.45, 2.75) is 19.9 Å². The smallest absolute Gasteiger partial charge is 0.165 e. The fourth-order valence-corrected chi connectivity index (χ4v) is 3.10. The SMILES string of the molecule is CCN(Cc1ccccc1)CC1COc2c(F)ccc(F)c2C1. The molecule has 0 N–H and O–H groups in total. The van der Waals surface area contributed by atoms with E-state index in [4.69, 9.17) is 4.74 Å². The van der Waals surface area contributed by atoms with Crippen LogP contribution in [0.25, 0.3) is 0 Å². The van der Waals surface area contributed by atoms with Crippen LogP contribution in [0.1, 0.15) is 18.1 Å². The van der Waals surface area contributed by atoms with Crippen LogP contribution in [0.15, 0.2) is 42.5 Å². The molecule has 1 aliphatic heterocycles. The van der Waals surface area contributed by atoms with Gasteiger partial charge in [-0.15, -0.1) is 0 Å². The van der Waals surface area contributed by atoms with Crippen molar-refractivity contribution in [2.75, 3.05) is 19.7 Å². The van der Waals surface area contributed by atoms with Gasteiger partial charge in [0.15, 0.2) is 11.6 Å². The van der Waals surface area contributed by atoms with Gasteiger partial charge in [-0.3, -0.25) is 4.90 Å². The van der Waals surface area contributed by atoms with Gasteiger partial charge in [0.2, 0.25) is 0 Å². The van der Waals surface area contributed by atoms with Crippen LogP contribution in [0.4, 0.5) is 8.78 Å². The molecule has 4 heteroatoms. The quantitative estimate of drug-likeness (QED) is 0.825. The average molecular weight is 317 g/mol. The summed E-state index contributed by atoms with van der Waals surface area (Å²) in [6.07, 6.45) is 0.518. The van der Waals surface area contributed by atoms with Gasteiger partial charge >= 0.3 is 0 Å². The van der Waals surface area contributed by atoms with Crippen LogP contribution in [-0.4, -0.2) is 24.6 Å². The minimum absolute atomic E-state index is 0.0901. The number of rotatable bonds is 5. The second kappa shape index (κ2) is 7.09. The predicted octanol–water partition coefficient (Wildman–Crippen LogP) is 4.04. The molecule has 0 saturated heterocycles. The molecule has 3 rings (SSSR count). The minimum Gasteiger partial charge on any atom is -0.490 e. The number of hydrogen-bond acceptors (Lipinski definition) is 2. The van der Waals surface area contributed by atoms with Crippen LogP contribution in [0.3, 0.4) is 0 Å². The Morgan fingerprint density at radius 2 is 1.83 bits per heavy atom. The molecule has 1 atom stereocenters. The van der Waals surface area contributed by atoms with E-state index in [1.165, 1.54) is 11.6 Å². The van der Waals surface area contributed by atoms with Gasteiger partial charge in [0.05, 0.1) is 6.61 Å². The standard InChI is InChI=1S/C19H21F2NO/c1-2-22(11-14-6-4-3-5-7-14)12-15-10-16-17(20)8-9-18(21)19(16)23-13-15/h3-9,15H,2,10-13H2,1H3. The first kappa shape index (κ1) is 15.9. The maximum absolute atomic E-state index is 13.9. The zero-order valence-corrected chi connectivity index (χ0v) is 13.3. The molecule has 0 aromatic heterocycles. The van der Waals surface area contributed by atoms with Gasteiger partial charge in [-0.1, -0.05) is 37.3 Å². The molecule has 0 aliphatic carbocycles. The topological polar surface area (TPSA) is 12.5 Å². The van der Waals surface area contributed by atoms with E-state index in [9.17, 15) is 8.78 Å². The molecule has 1 unspecified atom stereocenters. The highest BCUT2D eigenvalue weighted by atomic mass is 19.1. The van der Waals surface area contributed by atoms with Gasteiger partial charge < -0.3 is 4.74 Å². The van der Waals surface area contributed by atoms with Gasteiger partial charge in [0.25, 0.3) is 0 Å². The number of benzene rings is 2. The molecule has 0 bridgehead atoms. The van der Waals surface area contributed by atoms with E-state index in [2.05, 4.69) is 24.0 Å². The Labute approximate surface area is 135 Å². The van der Waals surface area contributed by atoms with Gasteiger partial charge in [-0.2, -0.15) is 0 Å². The largest absolute Gasteiger partial charge is 0.490 e. The lowest BCUT2D eigenvalue weighted by molar-refractivity contribution is 0.152. The summed E-state index contributed by atoms with van der Waals surface area (Å²) in [5.41, 5.74) is 1.63. The normalized spacial score (nSPS) is 17.0. The zero-order chi connectivity index (χ0) is 16.2. The third-order valence-electron chi connectivity index (χ3n) is 4.32. The fraction of sp³-hybridized carbons (Fsp3) is 0.368. The Hall–Kier alpha value is -1.94. The van der Waals surface area contributed by atoms with Crippen molar-refractivity contribution in [1.82, 2.24) is 4.90 Å². The van der Waals surface area contributed by atoms with Gasteiger partial charge in [-0.05, 0) is 30.7 Å². The van der Waals surface area contributed by atoms with E-state index in [1.807, 2.05) is 18.2 Å². The van der Waals surface area contributed by atoms with Crippen LogP contribution >= 0.6 is 0 Å². The first-order valence-electron chi connectivity index (χ1n) is 8.03. The molecule has 2 aromatic carbocycles. The van der Waals surface area contributed by atoms with Gasteiger partial charge in [0.1, 0.15) is 5.82 Å². The molecule has 1 aliphatic rings. The van der Waals surface area contributed by atoms with E-state index < -0.39 is 5.82 Å². The van der Waals surface area contributed by atoms with Crippen LogP contribution in [0.5, 0.6) is 5.75 Å². The van der Waals surface area contributed by atoms with E-state index in [-0.39, 0.29) is 17.5 Å². The summed E-state index contributed by atoms with van der Waals surface area (Å²) in [5.74, 6) is -0.594. The molecule has 2 aromatic rings. The Bertz CT molecular complexity index is 660. The van der Waals surface area contributed by atoms with Crippen LogP contribution < -0.4 is 4.74 Å². The van der Waals surface area contributed by atoms with Crippen molar-refractivity contribution in [3.8, 4) is 5.75 Å². The maximum atomic E-state index is 13.9. The van der Waals surface area contributed by atoms with Crippen molar-refractivity contribution in [2.24, 2.45) is 5.92 Å². The summed E-state index contributed by atoms with van der Waals surface area (Å²) in [7, 11) is 0. The number of ether oxygens (including phenoxy) is 1. The Balaban J connectivity index is 1.67. The molecule has 0 amide bonds. The van der Waals surface area contributed by atoms with Crippen molar-refractivity contribution in [1.29, 1.82) is 0 Å². The fourth-order valence-electron chi connectivity index (χ4n) is 3.10. The highest BCUT2D eigenvalue weighted by Gasteiger charge is 2.26. The van der Waals surface area contributed by atoms with E-state index in [0.29, 0.717) is 18.6 Å². The lowest BCUT2D eigenvalue weighted by atomic mass is 9.95. The lowest BCUT2D eigenvalue weighted by Gasteiger charge is -2.30. The van der Waals surface area contributed by atoms with Crippen LogP contribution in [0.2, 0.25) is 0 Å². The van der Waals surface area contributed by atoms with Gasteiger partial charge in [-0.25, -0.2) is 8.78 Å². The molecule has 23 heavy (non-hydrogen) atoms. The highest BCUT2D eigenvalue weighted by molar-refractivity contribution is 5.38. The summed E-state index contributed by atoms with van der Waals surface area (Å²) in [4.78, 5) is 2.31. The Morgan fingerprint density at radius 3 is 2.57 bits per heavy atom. The molecular weight excluding hydrogens is 296 g/mol. The van der Waals surface area contributed by atoms with Crippen molar-refractivity contribution in [3.63, 3.8) is 0 Å². The van der Waals surface area contributed by atoms with Gasteiger partial charge in [0, 0.05) is 24.6 Å². The second-order valence-corrected chi connectivity index (χ2v) is 6.03. The van der Waals surface area contributed by atoms with Crippen molar-refractivity contribution in [3.05, 3.63) is 65.2 Å². The number of nitrogens with zero attached hydrogens (tertiary/aromatic N) is 1.